The molecule has 11 heteroatoms. The summed E-state index contributed by atoms with van der Waals surface area (Å²) in [5.41, 5.74) is 1.19. The summed E-state index contributed by atoms with van der Waals surface area (Å²) in [5.74, 6) is -2.07. The molecule has 0 saturated carbocycles. The van der Waals surface area contributed by atoms with Crippen molar-refractivity contribution in [3.8, 4) is 23.3 Å². The lowest BCUT2D eigenvalue weighted by Gasteiger charge is -2.14. The van der Waals surface area contributed by atoms with E-state index in [-0.39, 0.29) is 37.8 Å². The summed E-state index contributed by atoms with van der Waals surface area (Å²) in [5, 5.41) is 11.8. The first-order chi connectivity index (χ1) is 15.7. The molecule has 1 unspecified atom stereocenters. The van der Waals surface area contributed by atoms with Crippen LogP contribution < -0.4 is 14.8 Å². The summed E-state index contributed by atoms with van der Waals surface area (Å²) in [6.45, 7) is 1.13. The van der Waals surface area contributed by atoms with Crippen molar-refractivity contribution in [3.63, 3.8) is 0 Å². The molecule has 2 N–H and O–H groups in total. The van der Waals surface area contributed by atoms with Gasteiger partial charge in [0, 0.05) is 10.7 Å². The fourth-order valence-corrected chi connectivity index (χ4v) is 3.61. The first-order valence-electron chi connectivity index (χ1n) is 9.18. The Morgan fingerprint density at radius 1 is 1.21 bits per heavy atom. The number of amides is 1. The minimum absolute atomic E-state index is 0.0558. The molecule has 7 nitrogen and oxygen atoms in total. The fourth-order valence-electron chi connectivity index (χ4n) is 2.74. The summed E-state index contributed by atoms with van der Waals surface area (Å²) in [6.07, 6.45) is 0. The van der Waals surface area contributed by atoms with Crippen molar-refractivity contribution in [1.82, 2.24) is 0 Å². The molecule has 0 fully saturated rings. The Morgan fingerprint density at radius 2 is 1.97 bits per heavy atom. The van der Waals surface area contributed by atoms with Crippen LogP contribution >= 0.6 is 23.2 Å². The van der Waals surface area contributed by atoms with Crippen LogP contribution in [0.4, 0.5) is 10.1 Å². The van der Waals surface area contributed by atoms with Gasteiger partial charge < -0.3 is 19.3 Å². The number of anilines is 1. The summed E-state index contributed by atoms with van der Waals surface area (Å²) >= 11 is 9.85. The topological polar surface area (TPSA) is 109 Å². The predicted molar refractivity (Wildman–Crippen MR) is 122 cm³/mol. The molecule has 0 aliphatic carbocycles. The van der Waals surface area contributed by atoms with Gasteiger partial charge in [-0.25, -0.2) is 4.21 Å². The number of nitrogens with zero attached hydrogens (tertiary/aromatic N) is 1. The Labute approximate surface area is 200 Å². The van der Waals surface area contributed by atoms with Crippen molar-refractivity contribution in [2.45, 2.75) is 11.8 Å². The number of hydrogen-bond acceptors (Lipinski definition) is 5. The molecule has 0 heterocycles. The van der Waals surface area contributed by atoms with Gasteiger partial charge in [0.25, 0.3) is 5.91 Å². The van der Waals surface area contributed by atoms with Crippen LogP contribution in [-0.2, 0) is 15.9 Å². The van der Waals surface area contributed by atoms with Gasteiger partial charge in [0.1, 0.15) is 5.75 Å². The van der Waals surface area contributed by atoms with Gasteiger partial charge in [0.2, 0.25) is 5.82 Å². The number of nitrogens with one attached hydrogen (secondary N) is 1. The molecule has 1 atom stereocenters. The van der Waals surface area contributed by atoms with Gasteiger partial charge in [0.05, 0.1) is 21.6 Å². The van der Waals surface area contributed by atoms with E-state index in [1.807, 2.05) is 6.07 Å². The predicted octanol–water partition coefficient (Wildman–Crippen LogP) is 5.70. The van der Waals surface area contributed by atoms with Crippen molar-refractivity contribution in [1.29, 1.82) is 5.26 Å². The molecular formula is C22H15Cl2FN2O5S. The molecule has 3 aromatic rings. The molecule has 0 aromatic heterocycles. The molecule has 0 bridgehead atoms. The second-order valence-electron chi connectivity index (χ2n) is 6.64. The van der Waals surface area contributed by atoms with Gasteiger partial charge in [0.15, 0.2) is 29.2 Å². The number of benzene rings is 3. The molecule has 0 radical (unpaired) electrons. The van der Waals surface area contributed by atoms with Crippen LogP contribution in [0, 0.1) is 24.1 Å². The summed E-state index contributed by atoms with van der Waals surface area (Å²) in [7, 11) is 0. The highest BCUT2D eigenvalue weighted by atomic mass is 35.5. The first kappa shape index (κ1) is 24.5. The van der Waals surface area contributed by atoms with Crippen LogP contribution in [0.15, 0.2) is 53.4 Å². The van der Waals surface area contributed by atoms with Crippen LogP contribution in [0.1, 0.15) is 11.1 Å². The largest absolute Gasteiger partial charge is 0.481 e. The number of carbonyl (C=O) groups excluding carboxylic acids is 1. The number of carbonyl (C=O) groups is 1. The Hall–Kier alpha value is -3.16. The van der Waals surface area contributed by atoms with Gasteiger partial charge >= 0.3 is 0 Å². The van der Waals surface area contributed by atoms with Crippen molar-refractivity contribution in [2.75, 3.05) is 11.9 Å². The van der Waals surface area contributed by atoms with Crippen LogP contribution in [0.3, 0.4) is 0 Å². The minimum atomic E-state index is -2.14. The van der Waals surface area contributed by atoms with Crippen LogP contribution in [0.5, 0.6) is 17.2 Å². The number of rotatable bonds is 7. The third kappa shape index (κ3) is 6.21. The normalized spacial score (nSPS) is 11.4. The van der Waals surface area contributed by atoms with Gasteiger partial charge in [-0.3, -0.25) is 4.79 Å². The average Bonchev–Trinajstić information content (AvgIpc) is 2.77. The van der Waals surface area contributed by atoms with E-state index < -0.39 is 29.4 Å². The zero-order valence-electron chi connectivity index (χ0n) is 16.9. The van der Waals surface area contributed by atoms with Gasteiger partial charge in [-0.1, -0.05) is 23.2 Å². The molecule has 1 amide bonds. The Bertz CT molecular complexity index is 1300. The van der Waals surface area contributed by atoms with E-state index >= 15 is 0 Å². The molecule has 0 aliphatic rings. The SMILES string of the molecule is Cc1cc(S(=O)O)ccc1NC(=O)COc1ccc(Cl)c(Oc2cc(Cl)cc(C#N)c2)c1F. The maximum absolute atomic E-state index is 14.9. The van der Waals surface area contributed by atoms with E-state index in [4.69, 9.17) is 42.5 Å². The van der Waals surface area contributed by atoms with Crippen LogP contribution in [0.25, 0.3) is 0 Å². The Kier molecular flexibility index (Phi) is 7.89. The molecule has 0 saturated heterocycles. The number of hydrogen-bond donors (Lipinski definition) is 2. The molecule has 0 spiro atoms. The first-order valence-corrected chi connectivity index (χ1v) is 11.0. The van der Waals surface area contributed by atoms with Crippen LogP contribution in [-0.4, -0.2) is 21.3 Å². The highest BCUT2D eigenvalue weighted by molar-refractivity contribution is 7.79. The van der Waals surface area contributed by atoms with Crippen molar-refractivity contribution in [2.24, 2.45) is 0 Å². The van der Waals surface area contributed by atoms with E-state index in [2.05, 4.69) is 5.32 Å². The van der Waals surface area contributed by atoms with Gasteiger partial charge in [-0.05, 0) is 61.0 Å². The zero-order chi connectivity index (χ0) is 24.1. The van der Waals surface area contributed by atoms with Crippen LogP contribution in [0.2, 0.25) is 10.0 Å². The Morgan fingerprint density at radius 3 is 2.64 bits per heavy atom. The second-order valence-corrected chi connectivity index (χ2v) is 8.45. The number of nitriles is 1. The number of halogens is 3. The molecule has 170 valence electrons. The van der Waals surface area contributed by atoms with Crippen molar-refractivity contribution in [3.05, 3.63) is 75.5 Å². The second kappa shape index (κ2) is 10.6. The van der Waals surface area contributed by atoms with E-state index in [0.29, 0.717) is 11.3 Å². The fraction of sp³-hybridized carbons (Fsp3) is 0.0909. The maximum Gasteiger partial charge on any atom is 0.262 e. The van der Waals surface area contributed by atoms with Gasteiger partial charge in [-0.15, -0.1) is 0 Å². The highest BCUT2D eigenvalue weighted by Crippen LogP contribution is 2.37. The lowest BCUT2D eigenvalue weighted by Crippen LogP contribution is -2.21. The van der Waals surface area contributed by atoms with E-state index in [0.717, 1.165) is 0 Å². The number of aryl methyl sites for hydroxylation is 1. The van der Waals surface area contributed by atoms with Crippen molar-refractivity contribution >= 4 is 45.9 Å². The van der Waals surface area contributed by atoms with Crippen molar-refractivity contribution < 1.29 is 27.4 Å². The Balaban J connectivity index is 1.72. The molecule has 3 rings (SSSR count). The molecule has 33 heavy (non-hydrogen) atoms. The minimum Gasteiger partial charge on any atom is -0.481 e. The zero-order valence-corrected chi connectivity index (χ0v) is 19.2. The lowest BCUT2D eigenvalue weighted by atomic mass is 10.2. The maximum atomic E-state index is 14.9. The monoisotopic (exact) mass is 508 g/mol. The standard InChI is InChI=1S/C22H15Cl2FN2O5S/c1-12-6-16(33(29)30)2-4-18(12)27-20(28)11-31-19-5-3-17(24)22(21(19)25)32-15-8-13(10-26)7-14(23)9-15/h2-9H,11H2,1H3,(H,27,28)(H,29,30). The summed E-state index contributed by atoms with van der Waals surface area (Å²) in [4.78, 5) is 12.4. The van der Waals surface area contributed by atoms with E-state index in [9.17, 15) is 13.4 Å². The third-order valence-electron chi connectivity index (χ3n) is 4.27. The lowest BCUT2D eigenvalue weighted by molar-refractivity contribution is -0.118. The molecular weight excluding hydrogens is 494 g/mol. The van der Waals surface area contributed by atoms with E-state index in [1.165, 1.54) is 48.5 Å². The molecule has 0 aliphatic heterocycles. The number of ether oxygens (including phenoxy) is 2. The summed E-state index contributed by atoms with van der Waals surface area (Å²) < 4.78 is 46.0. The average molecular weight is 509 g/mol. The van der Waals surface area contributed by atoms with Gasteiger partial charge in [-0.2, -0.15) is 9.65 Å². The summed E-state index contributed by atoms with van der Waals surface area (Å²) in [6, 6.07) is 13.0. The smallest absolute Gasteiger partial charge is 0.262 e. The van der Waals surface area contributed by atoms with E-state index in [1.54, 1.807) is 6.92 Å². The highest BCUT2D eigenvalue weighted by Gasteiger charge is 2.18. The quantitative estimate of drug-likeness (QED) is 0.396. The third-order valence-corrected chi connectivity index (χ3v) is 5.44. The molecule has 3 aromatic carbocycles.